The molecular weight excluding hydrogens is 282 g/mol. The minimum Gasteiger partial charge on any atom is -0.484 e. The van der Waals surface area contributed by atoms with Crippen LogP contribution in [0.25, 0.3) is 0 Å². The average Bonchev–Trinajstić information content (AvgIpc) is 3.05. The third kappa shape index (κ3) is 4.56. The first-order valence-corrected chi connectivity index (χ1v) is 8.21. The first kappa shape index (κ1) is 16.0. The molecule has 0 saturated heterocycles. The van der Waals surface area contributed by atoms with Crippen molar-refractivity contribution in [1.29, 1.82) is 0 Å². The van der Waals surface area contributed by atoms with Crippen LogP contribution >= 0.6 is 11.3 Å². The maximum absolute atomic E-state index is 6.21. The third-order valence-electron chi connectivity index (χ3n) is 3.51. The Morgan fingerprint density at radius 3 is 2.52 bits per heavy atom. The van der Waals surface area contributed by atoms with Crippen molar-refractivity contribution in [3.8, 4) is 5.75 Å². The third-order valence-corrected chi connectivity index (χ3v) is 4.21. The molecule has 0 aliphatic rings. The lowest BCUT2D eigenvalue weighted by Crippen LogP contribution is -2.31. The number of nitrogens with two attached hydrogens (primary N) is 1. The Morgan fingerprint density at radius 1 is 1.19 bits per heavy atom. The molecule has 1 heterocycles. The van der Waals surface area contributed by atoms with E-state index >= 15 is 0 Å². The van der Waals surface area contributed by atoms with Crippen molar-refractivity contribution in [1.82, 2.24) is 0 Å². The van der Waals surface area contributed by atoms with Gasteiger partial charge in [-0.1, -0.05) is 19.1 Å². The maximum atomic E-state index is 6.21. The van der Waals surface area contributed by atoms with Crippen molar-refractivity contribution in [2.75, 3.05) is 13.7 Å². The Balaban J connectivity index is 2.06. The minimum atomic E-state index is -0.0916. The molecule has 2 rings (SSSR count). The summed E-state index contributed by atoms with van der Waals surface area (Å²) in [5.74, 6) is 0.858. The quantitative estimate of drug-likeness (QED) is 0.807. The van der Waals surface area contributed by atoms with Crippen LogP contribution < -0.4 is 10.5 Å². The smallest absolute Gasteiger partial charge is 0.140 e. The Bertz CT molecular complexity index is 510. The fourth-order valence-corrected chi connectivity index (χ4v) is 2.84. The molecule has 0 spiro atoms. The van der Waals surface area contributed by atoms with E-state index in [1.807, 2.05) is 12.1 Å². The molecule has 21 heavy (non-hydrogen) atoms. The molecule has 0 aliphatic carbocycles. The zero-order chi connectivity index (χ0) is 15.1. The molecule has 0 fully saturated rings. The molecular formula is C17H23NO2S. The highest BCUT2D eigenvalue weighted by Crippen LogP contribution is 2.27. The standard InChI is InChI=1S/C17H23NO2S/c1-3-16(18)17(14-9-11-21-12-14)20-15-6-4-13(5-7-15)8-10-19-2/h4-7,9,11-12,16-17H,3,8,10,18H2,1-2H3. The van der Waals surface area contributed by atoms with Crippen LogP contribution in [-0.4, -0.2) is 19.8 Å². The van der Waals surface area contributed by atoms with Gasteiger partial charge >= 0.3 is 0 Å². The Hall–Kier alpha value is -1.36. The summed E-state index contributed by atoms with van der Waals surface area (Å²) in [7, 11) is 1.72. The monoisotopic (exact) mass is 305 g/mol. The summed E-state index contributed by atoms with van der Waals surface area (Å²) in [4.78, 5) is 0. The van der Waals surface area contributed by atoms with Gasteiger partial charge in [-0.25, -0.2) is 0 Å². The second-order valence-corrected chi connectivity index (χ2v) is 5.83. The molecule has 2 unspecified atom stereocenters. The second kappa shape index (κ2) is 8.17. The Morgan fingerprint density at radius 2 is 1.95 bits per heavy atom. The van der Waals surface area contributed by atoms with Gasteiger partial charge < -0.3 is 15.2 Å². The number of thiophene rings is 1. The molecule has 0 amide bonds. The first-order valence-electron chi connectivity index (χ1n) is 7.26. The number of methoxy groups -OCH3 is 1. The fourth-order valence-electron chi connectivity index (χ4n) is 2.15. The van der Waals surface area contributed by atoms with Gasteiger partial charge in [0.25, 0.3) is 0 Å². The number of rotatable bonds is 8. The van der Waals surface area contributed by atoms with Gasteiger partial charge in [0.05, 0.1) is 6.61 Å². The summed E-state index contributed by atoms with van der Waals surface area (Å²) in [6.07, 6.45) is 1.71. The minimum absolute atomic E-state index is 0.00670. The lowest BCUT2D eigenvalue weighted by atomic mass is 10.0. The summed E-state index contributed by atoms with van der Waals surface area (Å²) >= 11 is 1.67. The zero-order valence-electron chi connectivity index (χ0n) is 12.6. The van der Waals surface area contributed by atoms with E-state index in [9.17, 15) is 0 Å². The van der Waals surface area contributed by atoms with Crippen LogP contribution in [0.5, 0.6) is 5.75 Å². The van der Waals surface area contributed by atoms with Crippen LogP contribution in [0.4, 0.5) is 0 Å². The SMILES string of the molecule is CCC(N)C(Oc1ccc(CCOC)cc1)c1ccsc1. The van der Waals surface area contributed by atoms with Gasteiger partial charge in [0.1, 0.15) is 11.9 Å². The van der Waals surface area contributed by atoms with E-state index in [1.54, 1.807) is 18.4 Å². The van der Waals surface area contributed by atoms with Gasteiger partial charge in [-0.2, -0.15) is 11.3 Å². The summed E-state index contributed by atoms with van der Waals surface area (Å²) in [5, 5.41) is 4.16. The molecule has 0 radical (unpaired) electrons. The van der Waals surface area contributed by atoms with Crippen molar-refractivity contribution in [2.24, 2.45) is 5.73 Å². The topological polar surface area (TPSA) is 44.5 Å². The highest BCUT2D eigenvalue weighted by molar-refractivity contribution is 7.07. The zero-order valence-corrected chi connectivity index (χ0v) is 13.4. The molecule has 1 aromatic heterocycles. The largest absolute Gasteiger partial charge is 0.484 e. The van der Waals surface area contributed by atoms with E-state index in [4.69, 9.17) is 15.2 Å². The van der Waals surface area contributed by atoms with Gasteiger partial charge in [-0.05, 0) is 47.4 Å². The van der Waals surface area contributed by atoms with Crippen molar-refractivity contribution < 1.29 is 9.47 Å². The summed E-state index contributed by atoms with van der Waals surface area (Å²) in [5.41, 5.74) is 8.61. The summed E-state index contributed by atoms with van der Waals surface area (Å²) in [6.45, 7) is 2.82. The Labute approximate surface area is 130 Å². The number of ether oxygens (including phenoxy) is 2. The van der Waals surface area contributed by atoms with Crippen molar-refractivity contribution in [3.05, 3.63) is 52.2 Å². The average molecular weight is 305 g/mol. The number of hydrogen-bond acceptors (Lipinski definition) is 4. The molecule has 0 aliphatic heterocycles. The second-order valence-electron chi connectivity index (χ2n) is 5.05. The molecule has 4 heteroatoms. The molecule has 114 valence electrons. The maximum Gasteiger partial charge on any atom is 0.140 e. The van der Waals surface area contributed by atoms with Crippen LogP contribution in [0.3, 0.4) is 0 Å². The van der Waals surface area contributed by atoms with Crippen LogP contribution in [0.1, 0.15) is 30.6 Å². The van der Waals surface area contributed by atoms with E-state index in [0.29, 0.717) is 0 Å². The number of hydrogen-bond donors (Lipinski definition) is 1. The van der Waals surface area contributed by atoms with Crippen molar-refractivity contribution >= 4 is 11.3 Å². The highest BCUT2D eigenvalue weighted by Gasteiger charge is 2.20. The van der Waals surface area contributed by atoms with Crippen LogP contribution in [0.15, 0.2) is 41.1 Å². The summed E-state index contributed by atoms with van der Waals surface area (Å²) in [6, 6.07) is 10.2. The van der Waals surface area contributed by atoms with E-state index in [1.165, 1.54) is 5.56 Å². The van der Waals surface area contributed by atoms with Gasteiger partial charge in [-0.15, -0.1) is 0 Å². The van der Waals surface area contributed by atoms with E-state index in [-0.39, 0.29) is 12.1 Å². The Kier molecular flexibility index (Phi) is 6.23. The van der Waals surface area contributed by atoms with Gasteiger partial charge in [0.2, 0.25) is 0 Å². The van der Waals surface area contributed by atoms with Gasteiger partial charge in [-0.3, -0.25) is 0 Å². The normalized spacial score (nSPS) is 13.9. The lowest BCUT2D eigenvalue weighted by molar-refractivity contribution is 0.171. The van der Waals surface area contributed by atoms with Gasteiger partial charge in [0, 0.05) is 18.7 Å². The molecule has 2 N–H and O–H groups in total. The lowest BCUT2D eigenvalue weighted by Gasteiger charge is -2.23. The fraction of sp³-hybridized carbons (Fsp3) is 0.412. The van der Waals surface area contributed by atoms with Crippen molar-refractivity contribution in [2.45, 2.75) is 31.9 Å². The molecule has 0 saturated carbocycles. The van der Waals surface area contributed by atoms with E-state index < -0.39 is 0 Å². The number of benzene rings is 1. The molecule has 3 nitrogen and oxygen atoms in total. The highest BCUT2D eigenvalue weighted by atomic mass is 32.1. The van der Waals surface area contributed by atoms with Crippen LogP contribution in [0.2, 0.25) is 0 Å². The van der Waals surface area contributed by atoms with Gasteiger partial charge in [0.15, 0.2) is 0 Å². The molecule has 2 atom stereocenters. The molecule has 0 bridgehead atoms. The van der Waals surface area contributed by atoms with Crippen molar-refractivity contribution in [3.63, 3.8) is 0 Å². The van der Waals surface area contributed by atoms with E-state index in [2.05, 4.69) is 35.9 Å². The summed E-state index contributed by atoms with van der Waals surface area (Å²) < 4.78 is 11.2. The van der Waals surface area contributed by atoms with Crippen LogP contribution in [0, 0.1) is 0 Å². The molecule has 2 aromatic rings. The predicted octanol–water partition coefficient (Wildman–Crippen LogP) is 3.79. The van der Waals surface area contributed by atoms with Crippen LogP contribution in [-0.2, 0) is 11.2 Å². The van der Waals surface area contributed by atoms with E-state index in [0.717, 1.165) is 30.8 Å². The first-order chi connectivity index (χ1) is 10.2. The predicted molar refractivity (Wildman–Crippen MR) is 88.0 cm³/mol. The molecule has 1 aromatic carbocycles.